The second-order valence-electron chi connectivity index (χ2n) is 7.51. The van der Waals surface area contributed by atoms with Crippen LogP contribution in [0.15, 0.2) is 48.8 Å². The molecule has 2 aromatic carbocycles. The van der Waals surface area contributed by atoms with E-state index in [1.807, 2.05) is 37.4 Å². The van der Waals surface area contributed by atoms with Gasteiger partial charge in [-0.2, -0.15) is 5.10 Å². The maximum Gasteiger partial charge on any atom is 0.259 e. The second kappa shape index (κ2) is 6.25. The van der Waals surface area contributed by atoms with Gasteiger partial charge in [-0.05, 0) is 56.2 Å². The third kappa shape index (κ3) is 3.57. The molecule has 0 fully saturated rings. The molecule has 0 aliphatic carbocycles. The summed E-state index contributed by atoms with van der Waals surface area (Å²) in [4.78, 5) is 12.7. The van der Waals surface area contributed by atoms with E-state index in [4.69, 9.17) is 4.74 Å². The molecule has 4 rings (SSSR count). The van der Waals surface area contributed by atoms with E-state index in [1.165, 1.54) is 0 Å². The van der Waals surface area contributed by atoms with E-state index in [0.29, 0.717) is 29.3 Å². The lowest BCUT2D eigenvalue weighted by atomic mass is 10.0. The van der Waals surface area contributed by atoms with Crippen molar-refractivity contribution < 1.29 is 14.6 Å². The number of anilines is 1. The number of carbonyl (C=O) groups is 1. The number of aliphatic hydroxyl groups is 1. The van der Waals surface area contributed by atoms with E-state index in [9.17, 15) is 9.90 Å². The molecule has 0 unspecified atom stereocenters. The van der Waals surface area contributed by atoms with Crippen molar-refractivity contribution in [2.75, 3.05) is 5.32 Å². The predicted molar refractivity (Wildman–Crippen MR) is 103 cm³/mol. The highest BCUT2D eigenvalue weighted by atomic mass is 16.5. The third-order valence-corrected chi connectivity index (χ3v) is 4.34. The van der Waals surface area contributed by atoms with E-state index >= 15 is 0 Å². The summed E-state index contributed by atoms with van der Waals surface area (Å²) in [5.74, 6) is 0.932. The molecule has 0 spiro atoms. The molecule has 138 valence electrons. The van der Waals surface area contributed by atoms with Crippen LogP contribution in [0.25, 0.3) is 11.1 Å². The molecule has 0 bridgehead atoms. The van der Waals surface area contributed by atoms with Gasteiger partial charge in [0.25, 0.3) is 5.91 Å². The summed E-state index contributed by atoms with van der Waals surface area (Å²) < 4.78 is 7.64. The van der Waals surface area contributed by atoms with Crippen LogP contribution >= 0.6 is 0 Å². The largest absolute Gasteiger partial charge is 0.454 e. The highest BCUT2D eigenvalue weighted by Crippen LogP contribution is 2.37. The van der Waals surface area contributed by atoms with E-state index in [-0.39, 0.29) is 5.91 Å². The van der Waals surface area contributed by atoms with E-state index in [1.54, 1.807) is 36.9 Å². The van der Waals surface area contributed by atoms with Crippen molar-refractivity contribution in [2.45, 2.75) is 32.9 Å². The van der Waals surface area contributed by atoms with Crippen LogP contribution in [0.4, 0.5) is 5.69 Å². The smallest absolute Gasteiger partial charge is 0.259 e. The van der Waals surface area contributed by atoms with Crippen LogP contribution in [0.3, 0.4) is 0 Å². The molecule has 1 aromatic heterocycles. The van der Waals surface area contributed by atoms with Crippen LogP contribution in [-0.2, 0) is 6.54 Å². The van der Waals surface area contributed by atoms with E-state index < -0.39 is 5.60 Å². The topological polar surface area (TPSA) is 76.4 Å². The number of fused-ring (bicyclic) bond motifs is 2. The Bertz CT molecular complexity index is 1030. The molecule has 0 atom stereocenters. The Labute approximate surface area is 157 Å². The monoisotopic (exact) mass is 363 g/mol. The van der Waals surface area contributed by atoms with Gasteiger partial charge in [0.2, 0.25) is 0 Å². The summed E-state index contributed by atoms with van der Waals surface area (Å²) >= 11 is 0. The summed E-state index contributed by atoms with van der Waals surface area (Å²) in [6, 6.07) is 11.2. The highest BCUT2D eigenvalue weighted by Gasteiger charge is 2.22. The van der Waals surface area contributed by atoms with Crippen molar-refractivity contribution >= 4 is 11.6 Å². The van der Waals surface area contributed by atoms with E-state index in [2.05, 4.69) is 10.4 Å². The van der Waals surface area contributed by atoms with Crippen LogP contribution in [0, 0.1) is 6.92 Å². The number of aromatic nitrogens is 2. The number of hydrogen-bond acceptors (Lipinski definition) is 4. The van der Waals surface area contributed by atoms with Crippen molar-refractivity contribution in [2.24, 2.45) is 0 Å². The summed E-state index contributed by atoms with van der Waals surface area (Å²) in [6.07, 6.45) is 3.58. The molecule has 2 heterocycles. The number of nitrogens with one attached hydrogen (secondary N) is 1. The molecule has 0 radical (unpaired) electrons. The number of rotatable bonds is 3. The minimum atomic E-state index is -0.852. The molecule has 6 nitrogen and oxygen atoms in total. The number of ether oxygens (including phenoxy) is 1. The molecule has 0 saturated carbocycles. The predicted octanol–water partition coefficient (Wildman–Crippen LogP) is 3.99. The lowest BCUT2D eigenvalue weighted by Gasteiger charge is -2.16. The molecule has 1 aliphatic heterocycles. The number of aryl methyl sites for hydroxylation is 1. The van der Waals surface area contributed by atoms with Gasteiger partial charge in [-0.1, -0.05) is 12.1 Å². The molecule has 1 amide bonds. The number of benzene rings is 2. The van der Waals surface area contributed by atoms with Crippen LogP contribution in [0.1, 0.15) is 29.8 Å². The van der Waals surface area contributed by atoms with Crippen molar-refractivity contribution in [3.63, 3.8) is 0 Å². The third-order valence-electron chi connectivity index (χ3n) is 4.34. The van der Waals surface area contributed by atoms with E-state index in [0.717, 1.165) is 16.7 Å². The van der Waals surface area contributed by atoms with Gasteiger partial charge in [0.15, 0.2) is 5.75 Å². The van der Waals surface area contributed by atoms with Gasteiger partial charge in [0.05, 0.1) is 29.6 Å². The molecule has 3 aromatic rings. The average molecular weight is 363 g/mol. The standard InChI is InChI=1S/C21H21N3O3/c1-13-4-6-19-17(8-13)23-20(25)16-9-14(5-7-18(16)27-19)15-10-22-24(11-15)12-21(2,3)26/h4-11,26H,12H2,1-3H3,(H,23,25). The normalized spacial score (nSPS) is 13.3. The Balaban J connectivity index is 1.68. The van der Waals surface area contributed by atoms with Crippen molar-refractivity contribution in [1.82, 2.24) is 9.78 Å². The summed E-state index contributed by atoms with van der Waals surface area (Å²) in [5, 5.41) is 17.2. The average Bonchev–Trinajstić information content (AvgIpc) is 2.98. The van der Waals surface area contributed by atoms with Gasteiger partial charge in [0.1, 0.15) is 5.75 Å². The Kier molecular flexibility index (Phi) is 4.00. The molecular formula is C21H21N3O3. The first kappa shape index (κ1) is 17.3. The Morgan fingerprint density at radius 2 is 1.93 bits per heavy atom. The molecular weight excluding hydrogens is 342 g/mol. The minimum absolute atomic E-state index is 0.208. The Morgan fingerprint density at radius 1 is 1.15 bits per heavy atom. The highest BCUT2D eigenvalue weighted by molar-refractivity contribution is 6.08. The fourth-order valence-corrected chi connectivity index (χ4v) is 3.11. The van der Waals surface area contributed by atoms with Gasteiger partial charge in [-0.25, -0.2) is 0 Å². The molecule has 1 aliphatic rings. The summed E-state index contributed by atoms with van der Waals surface area (Å²) in [6.45, 7) is 5.82. The first-order valence-electron chi connectivity index (χ1n) is 8.78. The van der Waals surface area contributed by atoms with Gasteiger partial charge in [-0.3, -0.25) is 9.48 Å². The number of hydrogen-bond donors (Lipinski definition) is 2. The Morgan fingerprint density at radius 3 is 2.70 bits per heavy atom. The van der Waals surface area contributed by atoms with Crippen molar-refractivity contribution in [3.8, 4) is 22.6 Å². The summed E-state index contributed by atoms with van der Waals surface area (Å²) in [5.41, 5.74) is 3.05. The maximum atomic E-state index is 12.7. The van der Waals surface area contributed by atoms with Crippen molar-refractivity contribution in [1.29, 1.82) is 0 Å². The molecule has 6 heteroatoms. The zero-order valence-electron chi connectivity index (χ0n) is 15.5. The van der Waals surface area contributed by atoms with Gasteiger partial charge in [0, 0.05) is 11.8 Å². The minimum Gasteiger partial charge on any atom is -0.454 e. The first-order valence-corrected chi connectivity index (χ1v) is 8.78. The lowest BCUT2D eigenvalue weighted by molar-refractivity contribution is 0.0577. The van der Waals surface area contributed by atoms with Crippen LogP contribution in [0.5, 0.6) is 11.5 Å². The molecule has 27 heavy (non-hydrogen) atoms. The molecule has 2 N–H and O–H groups in total. The van der Waals surface area contributed by atoms with Crippen LogP contribution in [-0.4, -0.2) is 26.4 Å². The van der Waals surface area contributed by atoms with Crippen LogP contribution in [0.2, 0.25) is 0 Å². The van der Waals surface area contributed by atoms with Crippen LogP contribution < -0.4 is 10.1 Å². The zero-order valence-corrected chi connectivity index (χ0v) is 15.5. The van der Waals surface area contributed by atoms with Gasteiger partial charge < -0.3 is 15.2 Å². The van der Waals surface area contributed by atoms with Gasteiger partial charge >= 0.3 is 0 Å². The Hall–Kier alpha value is -3.12. The maximum absolute atomic E-state index is 12.7. The fourth-order valence-electron chi connectivity index (χ4n) is 3.11. The quantitative estimate of drug-likeness (QED) is 0.738. The summed E-state index contributed by atoms with van der Waals surface area (Å²) in [7, 11) is 0. The second-order valence-corrected chi connectivity index (χ2v) is 7.51. The number of carbonyl (C=O) groups excluding carboxylic acids is 1. The van der Waals surface area contributed by atoms with Gasteiger partial charge in [-0.15, -0.1) is 0 Å². The fraction of sp³-hybridized carbons (Fsp3) is 0.238. The first-order chi connectivity index (χ1) is 12.8. The molecule has 0 saturated heterocycles. The number of amides is 1. The SMILES string of the molecule is Cc1ccc2c(c1)NC(=O)c1cc(-c3cnn(CC(C)(C)O)c3)ccc1O2. The number of nitrogens with zero attached hydrogens (tertiary/aromatic N) is 2. The lowest BCUT2D eigenvalue weighted by Crippen LogP contribution is -2.26. The van der Waals surface area contributed by atoms with Crippen molar-refractivity contribution in [3.05, 3.63) is 59.9 Å². The zero-order chi connectivity index (χ0) is 19.2.